The fourth-order valence-electron chi connectivity index (χ4n) is 2.61. The van der Waals surface area contributed by atoms with Gasteiger partial charge >= 0.3 is 0 Å². The first-order valence-electron chi connectivity index (χ1n) is 7.29. The quantitative estimate of drug-likeness (QED) is 0.743. The summed E-state index contributed by atoms with van der Waals surface area (Å²) in [5.41, 5.74) is 5.05. The van der Waals surface area contributed by atoms with Crippen molar-refractivity contribution in [2.45, 2.75) is 33.7 Å². The highest BCUT2D eigenvalue weighted by Gasteiger charge is 2.10. The summed E-state index contributed by atoms with van der Waals surface area (Å²) >= 11 is 6.38. The average molecular weight is 306 g/mol. The lowest BCUT2D eigenvalue weighted by molar-refractivity contribution is 0.625. The van der Waals surface area contributed by atoms with Crippen LogP contribution in [0.5, 0.6) is 0 Å². The predicted molar refractivity (Wildman–Crippen MR) is 88.3 cm³/mol. The Morgan fingerprint density at radius 1 is 1.10 bits per heavy atom. The minimum absolute atomic E-state index is 0.194. The van der Waals surface area contributed by atoms with E-state index in [1.165, 1.54) is 0 Å². The van der Waals surface area contributed by atoms with Gasteiger partial charge in [-0.25, -0.2) is 4.39 Å². The first-order chi connectivity index (χ1) is 10.0. The highest BCUT2D eigenvalue weighted by molar-refractivity contribution is 6.31. The normalized spacial score (nSPS) is 10.9. The molecule has 2 aromatic carbocycles. The maximum Gasteiger partial charge on any atom is 0.123 e. The molecule has 2 rings (SSSR count). The number of rotatable bonds is 5. The highest BCUT2D eigenvalue weighted by Crippen LogP contribution is 2.31. The largest absolute Gasteiger partial charge is 0.313 e. The van der Waals surface area contributed by atoms with Crippen molar-refractivity contribution in [3.05, 3.63) is 57.9 Å². The summed E-state index contributed by atoms with van der Waals surface area (Å²) in [6, 6.07) is 9.20. The number of benzene rings is 2. The Morgan fingerprint density at radius 2 is 1.76 bits per heavy atom. The second kappa shape index (κ2) is 7.06. The van der Waals surface area contributed by atoms with Crippen LogP contribution >= 0.6 is 11.6 Å². The van der Waals surface area contributed by atoms with Crippen LogP contribution in [0.4, 0.5) is 4.39 Å². The summed E-state index contributed by atoms with van der Waals surface area (Å²) in [5, 5.41) is 4.10. The van der Waals surface area contributed by atoms with Gasteiger partial charge in [0, 0.05) is 11.6 Å². The predicted octanol–water partition coefficient (Wildman–Crippen LogP) is 5.26. The summed E-state index contributed by atoms with van der Waals surface area (Å²) < 4.78 is 13.4. The van der Waals surface area contributed by atoms with Crippen molar-refractivity contribution >= 4 is 11.6 Å². The Morgan fingerprint density at radius 3 is 2.33 bits per heavy atom. The molecule has 0 saturated heterocycles. The molecule has 0 saturated carbocycles. The van der Waals surface area contributed by atoms with Crippen LogP contribution in [0.3, 0.4) is 0 Å². The zero-order chi connectivity index (χ0) is 15.4. The molecule has 0 amide bonds. The van der Waals surface area contributed by atoms with Crippen molar-refractivity contribution in [3.63, 3.8) is 0 Å². The molecule has 112 valence electrons. The molecule has 0 aromatic heterocycles. The zero-order valence-electron chi connectivity index (χ0n) is 12.8. The zero-order valence-corrected chi connectivity index (χ0v) is 13.5. The van der Waals surface area contributed by atoms with Crippen LogP contribution in [-0.2, 0) is 6.54 Å². The van der Waals surface area contributed by atoms with Gasteiger partial charge < -0.3 is 5.32 Å². The second-order valence-electron chi connectivity index (χ2n) is 5.40. The van der Waals surface area contributed by atoms with E-state index in [0.717, 1.165) is 52.4 Å². The van der Waals surface area contributed by atoms with Gasteiger partial charge in [-0.1, -0.05) is 30.7 Å². The van der Waals surface area contributed by atoms with Crippen LogP contribution in [0.15, 0.2) is 30.3 Å². The van der Waals surface area contributed by atoms with E-state index in [9.17, 15) is 4.39 Å². The van der Waals surface area contributed by atoms with E-state index in [-0.39, 0.29) is 5.82 Å². The number of hydrogen-bond donors (Lipinski definition) is 1. The standard InChI is InChI=1S/C18H21ClFN/c1-4-7-21-11-15-6-5-14(10-17(15)19)18-12(2)8-16(20)9-13(18)3/h5-6,8-10,21H,4,7,11H2,1-3H3. The monoisotopic (exact) mass is 305 g/mol. The van der Waals surface area contributed by atoms with Crippen LogP contribution in [0.2, 0.25) is 5.02 Å². The maximum atomic E-state index is 13.4. The minimum atomic E-state index is -0.194. The molecule has 0 atom stereocenters. The van der Waals surface area contributed by atoms with Crippen molar-refractivity contribution < 1.29 is 4.39 Å². The first-order valence-corrected chi connectivity index (χ1v) is 7.67. The Balaban J connectivity index is 2.32. The van der Waals surface area contributed by atoms with E-state index in [0.29, 0.717) is 0 Å². The topological polar surface area (TPSA) is 12.0 Å². The SMILES string of the molecule is CCCNCc1ccc(-c2c(C)cc(F)cc2C)cc1Cl. The van der Waals surface area contributed by atoms with Gasteiger partial charge in [0.25, 0.3) is 0 Å². The number of aryl methyl sites for hydroxylation is 2. The van der Waals surface area contributed by atoms with Gasteiger partial charge in [0.2, 0.25) is 0 Å². The van der Waals surface area contributed by atoms with E-state index in [1.54, 1.807) is 12.1 Å². The number of halogens is 2. The Bertz CT molecular complexity index is 614. The molecule has 0 aliphatic rings. The van der Waals surface area contributed by atoms with Crippen LogP contribution in [-0.4, -0.2) is 6.54 Å². The summed E-state index contributed by atoms with van der Waals surface area (Å²) in [4.78, 5) is 0. The molecule has 0 unspecified atom stereocenters. The Kier molecular flexibility index (Phi) is 5.38. The van der Waals surface area contributed by atoms with E-state index in [2.05, 4.69) is 18.3 Å². The summed E-state index contributed by atoms with van der Waals surface area (Å²) in [7, 11) is 0. The lowest BCUT2D eigenvalue weighted by Gasteiger charge is -2.13. The molecule has 0 heterocycles. The minimum Gasteiger partial charge on any atom is -0.313 e. The van der Waals surface area contributed by atoms with Crippen molar-refractivity contribution in [2.75, 3.05) is 6.54 Å². The van der Waals surface area contributed by atoms with Gasteiger partial charge in [-0.05, 0) is 72.8 Å². The summed E-state index contributed by atoms with van der Waals surface area (Å²) in [5.74, 6) is -0.194. The smallest absolute Gasteiger partial charge is 0.123 e. The first kappa shape index (κ1) is 16.0. The van der Waals surface area contributed by atoms with E-state index in [4.69, 9.17) is 11.6 Å². The van der Waals surface area contributed by atoms with E-state index < -0.39 is 0 Å². The van der Waals surface area contributed by atoms with Crippen molar-refractivity contribution in [2.24, 2.45) is 0 Å². The van der Waals surface area contributed by atoms with E-state index in [1.807, 2.05) is 26.0 Å². The number of hydrogen-bond acceptors (Lipinski definition) is 1. The van der Waals surface area contributed by atoms with Crippen molar-refractivity contribution in [3.8, 4) is 11.1 Å². The molecule has 0 spiro atoms. The van der Waals surface area contributed by atoms with Crippen molar-refractivity contribution in [1.29, 1.82) is 0 Å². The summed E-state index contributed by atoms with van der Waals surface area (Å²) in [6.07, 6.45) is 1.10. The van der Waals surface area contributed by atoms with Crippen molar-refractivity contribution in [1.82, 2.24) is 5.32 Å². The van der Waals surface area contributed by atoms with Gasteiger partial charge in [0.15, 0.2) is 0 Å². The lowest BCUT2D eigenvalue weighted by Crippen LogP contribution is -2.14. The molecule has 0 fully saturated rings. The molecule has 0 radical (unpaired) electrons. The lowest BCUT2D eigenvalue weighted by atomic mass is 9.95. The molecular formula is C18H21ClFN. The Labute approximate surface area is 131 Å². The van der Waals surface area contributed by atoms with Gasteiger partial charge in [-0.15, -0.1) is 0 Å². The van der Waals surface area contributed by atoms with Crippen LogP contribution < -0.4 is 5.32 Å². The fourth-order valence-corrected chi connectivity index (χ4v) is 2.86. The number of nitrogens with one attached hydrogen (secondary N) is 1. The van der Waals surface area contributed by atoms with Gasteiger partial charge in [-0.3, -0.25) is 0 Å². The van der Waals surface area contributed by atoms with E-state index >= 15 is 0 Å². The maximum absolute atomic E-state index is 13.4. The Hall–Kier alpha value is -1.38. The molecule has 3 heteroatoms. The third-order valence-electron chi connectivity index (χ3n) is 3.58. The molecule has 0 aliphatic carbocycles. The molecule has 2 aromatic rings. The molecule has 1 nitrogen and oxygen atoms in total. The fraction of sp³-hybridized carbons (Fsp3) is 0.333. The third-order valence-corrected chi connectivity index (χ3v) is 3.93. The van der Waals surface area contributed by atoms with Gasteiger partial charge in [0.1, 0.15) is 5.82 Å². The molecule has 0 bridgehead atoms. The molecular weight excluding hydrogens is 285 g/mol. The highest BCUT2D eigenvalue weighted by atomic mass is 35.5. The molecule has 0 aliphatic heterocycles. The summed E-state index contributed by atoms with van der Waals surface area (Å²) in [6.45, 7) is 7.74. The molecule has 1 N–H and O–H groups in total. The van der Waals surface area contributed by atoms with Crippen LogP contribution in [0.25, 0.3) is 11.1 Å². The van der Waals surface area contributed by atoms with Crippen LogP contribution in [0.1, 0.15) is 30.0 Å². The third kappa shape index (κ3) is 3.84. The van der Waals surface area contributed by atoms with Gasteiger partial charge in [-0.2, -0.15) is 0 Å². The van der Waals surface area contributed by atoms with Crippen LogP contribution in [0, 0.1) is 19.7 Å². The average Bonchev–Trinajstić information content (AvgIpc) is 2.40. The van der Waals surface area contributed by atoms with Gasteiger partial charge in [0.05, 0.1) is 0 Å². The molecule has 21 heavy (non-hydrogen) atoms. The second-order valence-corrected chi connectivity index (χ2v) is 5.80.